The van der Waals surface area contributed by atoms with Crippen molar-refractivity contribution in [2.45, 2.75) is 31.9 Å². The molecule has 30 heavy (non-hydrogen) atoms. The van der Waals surface area contributed by atoms with E-state index in [-0.39, 0.29) is 11.5 Å². The maximum absolute atomic E-state index is 12.8. The van der Waals surface area contributed by atoms with E-state index in [1.54, 1.807) is 6.20 Å². The van der Waals surface area contributed by atoms with Crippen molar-refractivity contribution in [3.63, 3.8) is 0 Å². The van der Waals surface area contributed by atoms with Crippen LogP contribution >= 0.6 is 0 Å². The molecular weight excluding hydrogens is 393 g/mol. The van der Waals surface area contributed by atoms with Gasteiger partial charge in [0, 0.05) is 11.3 Å². The van der Waals surface area contributed by atoms with E-state index in [4.69, 9.17) is 0 Å². The van der Waals surface area contributed by atoms with Gasteiger partial charge in [-0.2, -0.15) is 13.2 Å². The number of aryl methyl sites for hydroxylation is 2. The van der Waals surface area contributed by atoms with Gasteiger partial charge in [0.1, 0.15) is 0 Å². The van der Waals surface area contributed by atoms with Crippen molar-refractivity contribution < 1.29 is 18.0 Å². The summed E-state index contributed by atoms with van der Waals surface area (Å²) >= 11 is 0. The molecule has 1 aliphatic rings. The third kappa shape index (κ3) is 4.59. The van der Waals surface area contributed by atoms with Gasteiger partial charge in [0.2, 0.25) is 0 Å². The molecule has 0 aliphatic heterocycles. The van der Waals surface area contributed by atoms with E-state index in [1.165, 1.54) is 42.3 Å². The normalized spacial score (nSPS) is 13.4. The highest BCUT2D eigenvalue weighted by molar-refractivity contribution is 5.99. The van der Waals surface area contributed by atoms with Gasteiger partial charge >= 0.3 is 12.2 Å². The van der Waals surface area contributed by atoms with Gasteiger partial charge in [-0.15, -0.1) is 0 Å². The van der Waals surface area contributed by atoms with Crippen LogP contribution in [0.3, 0.4) is 0 Å². The number of benzene rings is 2. The minimum Gasteiger partial charge on any atom is -0.308 e. The molecule has 0 unspecified atom stereocenters. The molecule has 0 bridgehead atoms. The minimum absolute atomic E-state index is 0.0287. The number of nitrogens with one attached hydrogen (secondary N) is 2. The van der Waals surface area contributed by atoms with Gasteiger partial charge in [-0.05, 0) is 61.1 Å². The molecule has 2 N–H and O–H groups in total. The van der Waals surface area contributed by atoms with E-state index < -0.39 is 17.8 Å². The molecule has 0 spiro atoms. The highest BCUT2D eigenvalue weighted by atomic mass is 19.4. The molecule has 0 radical (unpaired) electrons. The molecule has 2 amide bonds. The summed E-state index contributed by atoms with van der Waals surface area (Å²) in [5.74, 6) is 0.196. The number of hydrogen-bond acceptors (Lipinski definition) is 3. The predicted octanol–water partition coefficient (Wildman–Crippen LogP) is 5.69. The topological polar surface area (TPSA) is 66.9 Å². The summed E-state index contributed by atoms with van der Waals surface area (Å²) < 4.78 is 38.3. The van der Waals surface area contributed by atoms with Crippen LogP contribution in [0.4, 0.5) is 29.5 Å². The number of nitrogens with zero attached hydrogens (tertiary/aromatic N) is 2. The number of carbonyl (C=O) groups is 1. The number of halogens is 3. The Bertz CT molecular complexity index is 1060. The maximum Gasteiger partial charge on any atom is 0.416 e. The lowest BCUT2D eigenvalue weighted by Crippen LogP contribution is -2.20. The fourth-order valence-corrected chi connectivity index (χ4v) is 3.49. The van der Waals surface area contributed by atoms with Crippen LogP contribution in [0.25, 0.3) is 11.3 Å². The minimum atomic E-state index is -4.48. The highest BCUT2D eigenvalue weighted by Crippen LogP contribution is 2.30. The van der Waals surface area contributed by atoms with Crippen LogP contribution in [0.1, 0.15) is 29.5 Å². The fourth-order valence-electron chi connectivity index (χ4n) is 3.49. The van der Waals surface area contributed by atoms with Gasteiger partial charge in [-0.25, -0.2) is 9.78 Å². The SMILES string of the molecule is O=C(Nc1cccc(C(F)(F)F)c1)Nc1cnc(-c2ccc3c(c2)CCCC3)cn1. The highest BCUT2D eigenvalue weighted by Gasteiger charge is 2.30. The third-order valence-corrected chi connectivity index (χ3v) is 4.99. The lowest BCUT2D eigenvalue weighted by atomic mass is 9.90. The van der Waals surface area contributed by atoms with Crippen LogP contribution in [0.5, 0.6) is 0 Å². The van der Waals surface area contributed by atoms with Crippen LogP contribution in [0, 0.1) is 0 Å². The molecular formula is C22H19F3N4O. The largest absolute Gasteiger partial charge is 0.416 e. The molecule has 154 valence electrons. The molecule has 1 heterocycles. The van der Waals surface area contributed by atoms with Gasteiger partial charge < -0.3 is 5.32 Å². The van der Waals surface area contributed by atoms with E-state index in [0.717, 1.165) is 30.5 Å². The lowest BCUT2D eigenvalue weighted by Gasteiger charge is -2.16. The second kappa shape index (κ2) is 8.14. The summed E-state index contributed by atoms with van der Waals surface area (Å²) in [6.07, 6.45) is 3.06. The number of aromatic nitrogens is 2. The number of hydrogen-bond donors (Lipinski definition) is 2. The zero-order valence-corrected chi connectivity index (χ0v) is 16.0. The summed E-state index contributed by atoms with van der Waals surface area (Å²) in [4.78, 5) is 20.6. The summed E-state index contributed by atoms with van der Waals surface area (Å²) in [6.45, 7) is 0. The number of alkyl halides is 3. The number of fused-ring (bicyclic) bond motifs is 1. The molecule has 4 rings (SSSR count). The summed E-state index contributed by atoms with van der Waals surface area (Å²) in [5.41, 5.74) is 3.55. The van der Waals surface area contributed by atoms with Crippen molar-refractivity contribution in [2.24, 2.45) is 0 Å². The Labute approximate surface area is 171 Å². The van der Waals surface area contributed by atoms with Gasteiger partial charge in [0.25, 0.3) is 0 Å². The van der Waals surface area contributed by atoms with Gasteiger partial charge in [0.15, 0.2) is 5.82 Å². The van der Waals surface area contributed by atoms with Crippen LogP contribution in [-0.4, -0.2) is 16.0 Å². The van der Waals surface area contributed by atoms with Crippen molar-refractivity contribution in [1.29, 1.82) is 0 Å². The summed E-state index contributed by atoms with van der Waals surface area (Å²) in [5, 5.41) is 4.84. The Morgan fingerprint density at radius 3 is 2.43 bits per heavy atom. The Morgan fingerprint density at radius 2 is 1.70 bits per heavy atom. The number of urea groups is 1. The quantitative estimate of drug-likeness (QED) is 0.581. The van der Waals surface area contributed by atoms with E-state index >= 15 is 0 Å². The zero-order valence-electron chi connectivity index (χ0n) is 16.0. The first kappa shape index (κ1) is 19.9. The average molecular weight is 412 g/mol. The van der Waals surface area contributed by atoms with Crippen LogP contribution in [-0.2, 0) is 19.0 Å². The molecule has 0 saturated heterocycles. The van der Waals surface area contributed by atoms with Crippen LogP contribution < -0.4 is 10.6 Å². The Kier molecular flexibility index (Phi) is 5.39. The number of carbonyl (C=O) groups excluding carboxylic acids is 1. The molecule has 0 atom stereocenters. The smallest absolute Gasteiger partial charge is 0.308 e. The lowest BCUT2D eigenvalue weighted by molar-refractivity contribution is -0.137. The van der Waals surface area contributed by atoms with Crippen LogP contribution in [0.15, 0.2) is 54.9 Å². The standard InChI is InChI=1S/C22H19F3N4O/c23-22(24,25)17-6-3-7-18(11-17)28-21(30)29-20-13-26-19(12-27-20)16-9-8-14-4-1-2-5-15(14)10-16/h3,6-13H,1-2,4-5H2,(H2,27,28,29,30). The molecule has 2 aromatic carbocycles. The first-order valence-electron chi connectivity index (χ1n) is 9.58. The van der Waals surface area contributed by atoms with E-state index in [0.29, 0.717) is 5.69 Å². The number of anilines is 2. The fraction of sp³-hybridized carbons (Fsp3) is 0.227. The van der Waals surface area contributed by atoms with Crippen molar-refractivity contribution in [2.75, 3.05) is 10.6 Å². The van der Waals surface area contributed by atoms with Crippen molar-refractivity contribution in [3.8, 4) is 11.3 Å². The maximum atomic E-state index is 12.8. The van der Waals surface area contributed by atoms with Gasteiger partial charge in [-0.3, -0.25) is 10.3 Å². The molecule has 5 nitrogen and oxygen atoms in total. The third-order valence-electron chi connectivity index (χ3n) is 4.99. The van der Waals surface area contributed by atoms with Gasteiger partial charge in [-0.1, -0.05) is 18.2 Å². The predicted molar refractivity (Wildman–Crippen MR) is 108 cm³/mol. The number of rotatable bonds is 3. The van der Waals surface area contributed by atoms with Crippen molar-refractivity contribution in [1.82, 2.24) is 9.97 Å². The van der Waals surface area contributed by atoms with E-state index in [9.17, 15) is 18.0 Å². The zero-order chi connectivity index (χ0) is 21.1. The van der Waals surface area contributed by atoms with Crippen LogP contribution in [0.2, 0.25) is 0 Å². The van der Waals surface area contributed by atoms with Crippen molar-refractivity contribution in [3.05, 3.63) is 71.5 Å². The first-order valence-corrected chi connectivity index (χ1v) is 9.58. The molecule has 0 fully saturated rings. The van der Waals surface area contributed by atoms with Crippen molar-refractivity contribution >= 4 is 17.5 Å². The molecule has 3 aromatic rings. The Balaban J connectivity index is 1.42. The van der Waals surface area contributed by atoms with E-state index in [2.05, 4.69) is 32.7 Å². The molecule has 0 saturated carbocycles. The second-order valence-corrected chi connectivity index (χ2v) is 7.14. The first-order chi connectivity index (χ1) is 14.4. The Hall–Kier alpha value is -3.42. The average Bonchev–Trinajstić information content (AvgIpc) is 2.73. The molecule has 1 aromatic heterocycles. The van der Waals surface area contributed by atoms with Gasteiger partial charge in [0.05, 0.1) is 23.7 Å². The monoisotopic (exact) mass is 412 g/mol. The summed E-state index contributed by atoms with van der Waals surface area (Å²) in [7, 11) is 0. The second-order valence-electron chi connectivity index (χ2n) is 7.14. The molecule has 1 aliphatic carbocycles. The number of amides is 2. The molecule has 8 heteroatoms. The Morgan fingerprint density at radius 1 is 0.900 bits per heavy atom. The summed E-state index contributed by atoms with van der Waals surface area (Å²) in [6, 6.07) is 9.97. The van der Waals surface area contributed by atoms with E-state index in [1.807, 2.05) is 6.07 Å².